The highest BCUT2D eigenvalue weighted by Crippen LogP contribution is 2.02. The maximum absolute atomic E-state index is 12.3. The summed E-state index contributed by atoms with van der Waals surface area (Å²) < 4.78 is 0. The maximum atomic E-state index is 12.3. The SMILES string of the molecule is CSCCC(NC(=O)C(C)N)C(=O)NCC(=O)NC(Cc1cnc[nH]1)C(=O)O. The molecule has 0 aliphatic carbocycles. The van der Waals surface area contributed by atoms with Gasteiger partial charge in [0.15, 0.2) is 0 Å². The number of aliphatic carboxylic acids is 1. The minimum absolute atomic E-state index is 0.0236. The second-order valence-corrected chi connectivity index (χ2v) is 7.07. The first kappa shape index (κ1) is 23.4. The number of rotatable bonds is 12. The molecule has 0 aliphatic rings. The Balaban J connectivity index is 2.57. The van der Waals surface area contributed by atoms with E-state index in [1.807, 2.05) is 6.26 Å². The molecule has 1 aromatic heterocycles. The third-order valence-electron chi connectivity index (χ3n) is 3.69. The zero-order chi connectivity index (χ0) is 21.1. The van der Waals surface area contributed by atoms with Crippen LogP contribution in [0, 0.1) is 0 Å². The standard InChI is InChI=1S/C16H26N6O5S/c1-9(17)14(24)22-11(3-4-28-2)15(25)19-7-13(23)21-12(16(26)27)5-10-6-18-8-20-10/h6,8-9,11-12H,3-5,7,17H2,1-2H3,(H,18,20)(H,19,25)(H,21,23)(H,22,24)(H,26,27). The highest BCUT2D eigenvalue weighted by atomic mass is 32.2. The van der Waals surface area contributed by atoms with E-state index in [2.05, 4.69) is 25.9 Å². The van der Waals surface area contributed by atoms with E-state index in [1.165, 1.54) is 31.2 Å². The van der Waals surface area contributed by atoms with Gasteiger partial charge in [-0.1, -0.05) is 0 Å². The van der Waals surface area contributed by atoms with Gasteiger partial charge in [-0.2, -0.15) is 11.8 Å². The molecule has 28 heavy (non-hydrogen) atoms. The number of carboxylic acids is 1. The molecule has 0 spiro atoms. The molecule has 3 atom stereocenters. The summed E-state index contributed by atoms with van der Waals surface area (Å²) in [6, 6.07) is -2.78. The van der Waals surface area contributed by atoms with Gasteiger partial charge in [-0.05, 0) is 25.4 Å². The molecule has 1 rings (SSSR count). The normalized spacial score (nSPS) is 13.8. The topological polar surface area (TPSA) is 179 Å². The Morgan fingerprint density at radius 2 is 1.96 bits per heavy atom. The Labute approximate surface area is 166 Å². The van der Waals surface area contributed by atoms with Crippen molar-refractivity contribution < 1.29 is 24.3 Å². The van der Waals surface area contributed by atoms with Gasteiger partial charge >= 0.3 is 5.97 Å². The summed E-state index contributed by atoms with van der Waals surface area (Å²) in [6.45, 7) is 1.08. The fourth-order valence-corrected chi connectivity index (χ4v) is 2.63. The Morgan fingerprint density at radius 3 is 2.50 bits per heavy atom. The van der Waals surface area contributed by atoms with Crippen molar-refractivity contribution in [3.05, 3.63) is 18.2 Å². The lowest BCUT2D eigenvalue weighted by atomic mass is 10.1. The first-order valence-electron chi connectivity index (χ1n) is 8.56. The number of carbonyl (C=O) groups excluding carboxylic acids is 3. The molecule has 156 valence electrons. The van der Waals surface area contributed by atoms with Crippen LogP contribution in [0.3, 0.4) is 0 Å². The molecule has 0 saturated heterocycles. The number of aromatic nitrogens is 2. The van der Waals surface area contributed by atoms with Crippen molar-refractivity contribution in [3.8, 4) is 0 Å². The van der Waals surface area contributed by atoms with E-state index in [4.69, 9.17) is 5.73 Å². The van der Waals surface area contributed by atoms with Crippen molar-refractivity contribution in [2.45, 2.75) is 37.9 Å². The Morgan fingerprint density at radius 1 is 1.25 bits per heavy atom. The Bertz CT molecular complexity index is 666. The first-order chi connectivity index (χ1) is 13.2. The maximum Gasteiger partial charge on any atom is 0.326 e. The molecule has 0 saturated carbocycles. The summed E-state index contributed by atoms with van der Waals surface area (Å²) in [5.41, 5.74) is 6.05. The van der Waals surface area contributed by atoms with E-state index in [9.17, 15) is 24.3 Å². The number of imidazole rings is 1. The number of thioether (sulfide) groups is 1. The van der Waals surface area contributed by atoms with Crippen LogP contribution in [-0.4, -0.2) is 75.4 Å². The average Bonchev–Trinajstić information content (AvgIpc) is 3.15. The van der Waals surface area contributed by atoms with Crippen LogP contribution in [0.1, 0.15) is 19.0 Å². The minimum Gasteiger partial charge on any atom is -0.480 e. The molecule has 3 unspecified atom stereocenters. The van der Waals surface area contributed by atoms with Crippen LogP contribution in [0.5, 0.6) is 0 Å². The summed E-state index contributed by atoms with van der Waals surface area (Å²) in [7, 11) is 0. The van der Waals surface area contributed by atoms with Gasteiger partial charge in [-0.3, -0.25) is 14.4 Å². The molecule has 0 aliphatic heterocycles. The van der Waals surface area contributed by atoms with Gasteiger partial charge < -0.3 is 31.8 Å². The van der Waals surface area contributed by atoms with Crippen molar-refractivity contribution in [2.75, 3.05) is 18.6 Å². The van der Waals surface area contributed by atoms with Gasteiger partial charge in [0.25, 0.3) is 0 Å². The number of carboxylic acid groups (broad SMARTS) is 1. The summed E-state index contributed by atoms with van der Waals surface area (Å²) >= 11 is 1.51. The van der Waals surface area contributed by atoms with E-state index in [0.29, 0.717) is 17.9 Å². The number of aromatic amines is 1. The molecule has 0 bridgehead atoms. The van der Waals surface area contributed by atoms with Crippen molar-refractivity contribution in [3.63, 3.8) is 0 Å². The lowest BCUT2D eigenvalue weighted by Gasteiger charge is -2.19. The van der Waals surface area contributed by atoms with Crippen LogP contribution in [0.4, 0.5) is 0 Å². The largest absolute Gasteiger partial charge is 0.480 e. The van der Waals surface area contributed by atoms with E-state index >= 15 is 0 Å². The van der Waals surface area contributed by atoms with Gasteiger partial charge in [-0.25, -0.2) is 9.78 Å². The zero-order valence-electron chi connectivity index (χ0n) is 15.7. The minimum atomic E-state index is -1.21. The molecular weight excluding hydrogens is 388 g/mol. The number of nitrogens with zero attached hydrogens (tertiary/aromatic N) is 1. The van der Waals surface area contributed by atoms with E-state index in [1.54, 1.807) is 0 Å². The second-order valence-electron chi connectivity index (χ2n) is 6.09. The summed E-state index contributed by atoms with van der Waals surface area (Å²) in [5, 5.41) is 16.5. The third kappa shape index (κ3) is 8.39. The van der Waals surface area contributed by atoms with Gasteiger partial charge in [0, 0.05) is 18.3 Å². The van der Waals surface area contributed by atoms with Crippen LogP contribution in [-0.2, 0) is 25.6 Å². The van der Waals surface area contributed by atoms with Crippen LogP contribution in [0.15, 0.2) is 12.5 Å². The van der Waals surface area contributed by atoms with E-state index < -0.39 is 48.4 Å². The van der Waals surface area contributed by atoms with Crippen LogP contribution in [0.2, 0.25) is 0 Å². The fraction of sp³-hybridized carbons (Fsp3) is 0.562. The molecule has 7 N–H and O–H groups in total. The second kappa shape index (κ2) is 12.0. The number of carbonyl (C=O) groups is 4. The highest BCUT2D eigenvalue weighted by molar-refractivity contribution is 7.98. The van der Waals surface area contributed by atoms with Crippen molar-refractivity contribution in [1.29, 1.82) is 0 Å². The van der Waals surface area contributed by atoms with Gasteiger partial charge in [0.05, 0.1) is 18.9 Å². The molecule has 0 fully saturated rings. The van der Waals surface area contributed by atoms with Crippen molar-refractivity contribution in [2.24, 2.45) is 5.73 Å². The van der Waals surface area contributed by atoms with E-state index in [0.717, 1.165) is 0 Å². The predicted octanol–water partition coefficient (Wildman–Crippen LogP) is -1.78. The molecule has 3 amide bonds. The monoisotopic (exact) mass is 414 g/mol. The highest BCUT2D eigenvalue weighted by Gasteiger charge is 2.24. The van der Waals surface area contributed by atoms with Gasteiger partial charge in [-0.15, -0.1) is 0 Å². The number of amides is 3. The molecule has 0 aromatic carbocycles. The zero-order valence-corrected chi connectivity index (χ0v) is 16.5. The fourth-order valence-electron chi connectivity index (χ4n) is 2.16. The molecule has 1 aromatic rings. The Kier molecular flexibility index (Phi) is 10.0. The lowest BCUT2D eigenvalue weighted by Crippen LogP contribution is -2.53. The summed E-state index contributed by atoms with van der Waals surface area (Å²) in [6.07, 6.45) is 5.12. The summed E-state index contributed by atoms with van der Waals surface area (Å²) in [4.78, 5) is 54.0. The van der Waals surface area contributed by atoms with Crippen molar-refractivity contribution in [1.82, 2.24) is 25.9 Å². The summed E-state index contributed by atoms with van der Waals surface area (Å²) in [5.74, 6) is -2.28. The quantitative estimate of drug-likeness (QED) is 0.232. The average molecular weight is 414 g/mol. The number of nitrogens with one attached hydrogen (secondary N) is 4. The molecule has 1 heterocycles. The van der Waals surface area contributed by atoms with Crippen molar-refractivity contribution >= 4 is 35.5 Å². The number of hydrogen-bond donors (Lipinski definition) is 6. The molecular formula is C16H26N6O5S. The number of H-pyrrole nitrogens is 1. The predicted molar refractivity (Wildman–Crippen MR) is 103 cm³/mol. The van der Waals surface area contributed by atoms with Gasteiger partial charge in [0.1, 0.15) is 12.1 Å². The molecule has 11 nitrogen and oxygen atoms in total. The van der Waals surface area contributed by atoms with Crippen LogP contribution >= 0.6 is 11.8 Å². The van der Waals surface area contributed by atoms with Crippen LogP contribution < -0.4 is 21.7 Å². The first-order valence-corrected chi connectivity index (χ1v) is 9.96. The van der Waals surface area contributed by atoms with Gasteiger partial charge in [0.2, 0.25) is 17.7 Å². The number of hydrogen-bond acceptors (Lipinski definition) is 7. The van der Waals surface area contributed by atoms with Crippen LogP contribution in [0.25, 0.3) is 0 Å². The third-order valence-corrected chi connectivity index (χ3v) is 4.34. The molecule has 0 radical (unpaired) electrons. The molecule has 12 heteroatoms. The smallest absolute Gasteiger partial charge is 0.326 e. The number of nitrogens with two attached hydrogens (primary N) is 1. The van der Waals surface area contributed by atoms with E-state index in [-0.39, 0.29) is 6.42 Å². The lowest BCUT2D eigenvalue weighted by molar-refractivity contribution is -0.141. The Hall–Kier alpha value is -2.60.